The Hall–Kier alpha value is -1.99. The van der Waals surface area contributed by atoms with Crippen molar-refractivity contribution in [2.24, 2.45) is 0 Å². The number of hydrogen-bond donors (Lipinski definition) is 1. The summed E-state index contributed by atoms with van der Waals surface area (Å²) < 4.78 is 11.1. The fourth-order valence-electron chi connectivity index (χ4n) is 1.90. The zero-order chi connectivity index (χ0) is 13.5. The maximum absolute atomic E-state index is 11.6. The van der Waals surface area contributed by atoms with E-state index in [0.29, 0.717) is 12.2 Å². The molecule has 1 aromatic rings. The van der Waals surface area contributed by atoms with E-state index < -0.39 is 0 Å². The highest BCUT2D eigenvalue weighted by molar-refractivity contribution is 5.94. The van der Waals surface area contributed by atoms with Gasteiger partial charge in [-0.25, -0.2) is 0 Å². The van der Waals surface area contributed by atoms with E-state index in [0.717, 1.165) is 25.2 Å². The van der Waals surface area contributed by atoms with Gasteiger partial charge >= 0.3 is 0 Å². The Kier molecular flexibility index (Phi) is 4.82. The first-order valence-electron chi connectivity index (χ1n) is 6.35. The van der Waals surface area contributed by atoms with E-state index in [9.17, 15) is 4.79 Å². The van der Waals surface area contributed by atoms with Gasteiger partial charge in [-0.2, -0.15) is 0 Å². The van der Waals surface area contributed by atoms with Crippen LogP contribution in [0.2, 0.25) is 0 Å². The molecule has 1 aliphatic rings. The molecule has 1 amide bonds. The van der Waals surface area contributed by atoms with Gasteiger partial charge in [0.2, 0.25) is 0 Å². The van der Waals surface area contributed by atoms with Crippen molar-refractivity contribution in [2.75, 3.05) is 19.8 Å². The molecule has 1 heterocycles. The number of nitrogens with one attached hydrogen (secondary N) is 1. The zero-order valence-corrected chi connectivity index (χ0v) is 10.7. The number of amides is 1. The molecule has 1 aromatic carbocycles. The molecule has 4 heteroatoms. The third kappa shape index (κ3) is 4.01. The molecule has 1 atom stereocenters. The topological polar surface area (TPSA) is 47.6 Å². The van der Waals surface area contributed by atoms with E-state index in [2.05, 4.69) is 11.2 Å². The second-order valence-electron chi connectivity index (χ2n) is 4.36. The van der Waals surface area contributed by atoms with E-state index in [1.54, 1.807) is 24.3 Å². The molecule has 1 fully saturated rings. The van der Waals surface area contributed by atoms with Gasteiger partial charge in [0.25, 0.3) is 5.91 Å². The molecule has 19 heavy (non-hydrogen) atoms. The summed E-state index contributed by atoms with van der Waals surface area (Å²) in [5.41, 5.74) is 0.569. The smallest absolute Gasteiger partial charge is 0.252 e. The highest BCUT2D eigenvalue weighted by Crippen LogP contribution is 2.16. The molecule has 0 radical (unpaired) electrons. The number of ether oxygens (including phenoxy) is 2. The predicted octanol–water partition coefficient (Wildman–Crippen LogP) is 1.61. The minimum atomic E-state index is -0.177. The van der Waals surface area contributed by atoms with E-state index in [-0.39, 0.29) is 18.6 Å². The molecular weight excluding hydrogens is 242 g/mol. The van der Waals surface area contributed by atoms with Crippen LogP contribution in [0.1, 0.15) is 23.2 Å². The van der Waals surface area contributed by atoms with E-state index in [1.165, 1.54) is 0 Å². The van der Waals surface area contributed by atoms with Crippen LogP contribution in [-0.4, -0.2) is 31.8 Å². The second-order valence-corrected chi connectivity index (χ2v) is 4.36. The summed E-state index contributed by atoms with van der Waals surface area (Å²) in [6.07, 6.45) is 7.42. The van der Waals surface area contributed by atoms with Crippen LogP contribution in [-0.2, 0) is 4.74 Å². The van der Waals surface area contributed by atoms with Crippen LogP contribution in [0.25, 0.3) is 0 Å². The standard InChI is InChI=1S/C15H17NO3/c1-2-9-16-15(17)12-5-7-13(8-6-12)19-11-14-4-3-10-18-14/h1,5-8,14H,3-4,9-11H2,(H,16,17)/t14-/m1/s1. The van der Waals surface area contributed by atoms with Gasteiger partial charge in [-0.1, -0.05) is 5.92 Å². The quantitative estimate of drug-likeness (QED) is 0.817. The Labute approximate surface area is 113 Å². The Balaban J connectivity index is 1.83. The van der Waals surface area contributed by atoms with Crippen LogP contribution >= 0.6 is 0 Å². The Morgan fingerprint density at radius 3 is 2.89 bits per heavy atom. The monoisotopic (exact) mass is 259 g/mol. The summed E-state index contributed by atoms with van der Waals surface area (Å²) in [6, 6.07) is 6.99. The molecule has 1 saturated heterocycles. The molecule has 0 aliphatic carbocycles. The molecule has 0 saturated carbocycles. The lowest BCUT2D eigenvalue weighted by molar-refractivity contribution is 0.0679. The minimum Gasteiger partial charge on any atom is -0.491 e. The lowest BCUT2D eigenvalue weighted by atomic mass is 10.2. The van der Waals surface area contributed by atoms with Crippen LogP contribution in [0.15, 0.2) is 24.3 Å². The van der Waals surface area contributed by atoms with Crippen molar-refractivity contribution in [3.8, 4) is 18.1 Å². The van der Waals surface area contributed by atoms with Crippen molar-refractivity contribution < 1.29 is 14.3 Å². The summed E-state index contributed by atoms with van der Waals surface area (Å²) in [7, 11) is 0. The highest BCUT2D eigenvalue weighted by Gasteiger charge is 2.15. The summed E-state index contributed by atoms with van der Waals surface area (Å²) in [6.45, 7) is 1.61. The summed E-state index contributed by atoms with van der Waals surface area (Å²) in [5, 5.41) is 2.61. The largest absolute Gasteiger partial charge is 0.491 e. The highest BCUT2D eigenvalue weighted by atomic mass is 16.5. The van der Waals surface area contributed by atoms with Crippen molar-refractivity contribution in [3.63, 3.8) is 0 Å². The van der Waals surface area contributed by atoms with Crippen LogP contribution in [0, 0.1) is 12.3 Å². The normalized spacial score (nSPS) is 17.7. The Morgan fingerprint density at radius 2 is 2.26 bits per heavy atom. The average Bonchev–Trinajstić information content (AvgIpc) is 2.96. The molecule has 2 rings (SSSR count). The van der Waals surface area contributed by atoms with Crippen LogP contribution in [0.5, 0.6) is 5.75 Å². The number of benzene rings is 1. The van der Waals surface area contributed by atoms with Gasteiger partial charge in [-0.3, -0.25) is 4.79 Å². The maximum atomic E-state index is 11.6. The SMILES string of the molecule is C#CCNC(=O)c1ccc(OC[C@H]2CCCO2)cc1. The van der Waals surface area contributed by atoms with Gasteiger partial charge in [0.1, 0.15) is 12.4 Å². The van der Waals surface area contributed by atoms with Crippen LogP contribution in [0.4, 0.5) is 0 Å². The first kappa shape index (κ1) is 13.4. The molecular formula is C15H17NO3. The lowest BCUT2D eigenvalue weighted by Crippen LogP contribution is -2.23. The summed E-state index contributed by atoms with van der Waals surface area (Å²) >= 11 is 0. The predicted molar refractivity (Wildman–Crippen MR) is 72.1 cm³/mol. The molecule has 0 unspecified atom stereocenters. The minimum absolute atomic E-state index is 0.177. The number of carbonyl (C=O) groups excluding carboxylic acids is 1. The van der Waals surface area contributed by atoms with E-state index in [4.69, 9.17) is 15.9 Å². The van der Waals surface area contributed by atoms with Crippen LogP contribution < -0.4 is 10.1 Å². The molecule has 4 nitrogen and oxygen atoms in total. The van der Waals surface area contributed by atoms with Crippen molar-refractivity contribution >= 4 is 5.91 Å². The number of terminal acetylenes is 1. The first-order chi connectivity index (χ1) is 9.29. The number of rotatable bonds is 5. The molecule has 0 spiro atoms. The average molecular weight is 259 g/mol. The van der Waals surface area contributed by atoms with Crippen molar-refractivity contribution in [1.29, 1.82) is 0 Å². The fraction of sp³-hybridized carbons (Fsp3) is 0.400. The van der Waals surface area contributed by atoms with Gasteiger partial charge in [0, 0.05) is 12.2 Å². The van der Waals surface area contributed by atoms with Crippen molar-refractivity contribution in [2.45, 2.75) is 18.9 Å². The molecule has 0 aromatic heterocycles. The fourth-order valence-corrected chi connectivity index (χ4v) is 1.90. The van der Waals surface area contributed by atoms with E-state index in [1.807, 2.05) is 0 Å². The van der Waals surface area contributed by atoms with E-state index >= 15 is 0 Å². The molecule has 0 bridgehead atoms. The van der Waals surface area contributed by atoms with Gasteiger partial charge in [-0.05, 0) is 37.1 Å². The Bertz CT molecular complexity index is 455. The van der Waals surface area contributed by atoms with Crippen molar-refractivity contribution in [3.05, 3.63) is 29.8 Å². The zero-order valence-electron chi connectivity index (χ0n) is 10.7. The lowest BCUT2D eigenvalue weighted by Gasteiger charge is -2.11. The second kappa shape index (κ2) is 6.81. The summed E-state index contributed by atoms with van der Waals surface area (Å²) in [5.74, 6) is 2.92. The first-order valence-corrected chi connectivity index (χ1v) is 6.35. The van der Waals surface area contributed by atoms with Crippen molar-refractivity contribution in [1.82, 2.24) is 5.32 Å². The van der Waals surface area contributed by atoms with Crippen LogP contribution in [0.3, 0.4) is 0 Å². The Morgan fingerprint density at radius 1 is 1.47 bits per heavy atom. The van der Waals surface area contributed by atoms with Gasteiger partial charge < -0.3 is 14.8 Å². The van der Waals surface area contributed by atoms with Gasteiger partial charge in [0.05, 0.1) is 12.6 Å². The number of carbonyl (C=O) groups is 1. The molecule has 1 N–H and O–H groups in total. The maximum Gasteiger partial charge on any atom is 0.252 e. The molecule has 1 aliphatic heterocycles. The van der Waals surface area contributed by atoms with Gasteiger partial charge in [0.15, 0.2) is 0 Å². The molecule has 100 valence electrons. The number of hydrogen-bond acceptors (Lipinski definition) is 3. The summed E-state index contributed by atoms with van der Waals surface area (Å²) in [4.78, 5) is 11.6. The third-order valence-corrected chi connectivity index (χ3v) is 2.93. The third-order valence-electron chi connectivity index (χ3n) is 2.93. The van der Waals surface area contributed by atoms with Gasteiger partial charge in [-0.15, -0.1) is 6.42 Å².